The number of carbonyl (C=O) groups is 2. The molecule has 0 aliphatic carbocycles. The van der Waals surface area contributed by atoms with E-state index in [0.717, 1.165) is 28.1 Å². The highest BCUT2D eigenvalue weighted by Crippen LogP contribution is 2.36. The molecular formula is C29H33N3O6S. The molecule has 1 atom stereocenters. The molecule has 1 aliphatic rings. The number of anilines is 1. The summed E-state index contributed by atoms with van der Waals surface area (Å²) >= 11 is 0. The number of sulfonamides is 1. The van der Waals surface area contributed by atoms with Gasteiger partial charge in [0.1, 0.15) is 12.6 Å². The molecule has 0 fully saturated rings. The summed E-state index contributed by atoms with van der Waals surface area (Å²) in [7, 11) is -3.87. The standard InChI is InChI=1S/C29H33N3O6S/c1-3-16-30-29(34)25(17-22-10-6-4-7-11-22)31(19-23-12-8-5-9-13-23)28(33)20-32(39(2,35)36)24-14-15-26-27(18-24)38-21-37-26/h4-15,18,25H,3,16-17,19-21H2,1-2H3,(H,30,34). The normalized spacial score (nSPS) is 13.0. The molecule has 2 amide bonds. The van der Waals surface area contributed by atoms with Crippen molar-refractivity contribution in [2.75, 3.05) is 30.4 Å². The summed E-state index contributed by atoms with van der Waals surface area (Å²) in [6.45, 7) is 2.10. The molecule has 1 unspecified atom stereocenters. The molecule has 0 spiro atoms. The number of nitrogens with one attached hydrogen (secondary N) is 1. The number of hydrogen-bond acceptors (Lipinski definition) is 6. The lowest BCUT2D eigenvalue weighted by Crippen LogP contribution is -2.53. The number of carbonyl (C=O) groups excluding carboxylic acids is 2. The Morgan fingerprint density at radius 2 is 1.56 bits per heavy atom. The van der Waals surface area contributed by atoms with E-state index in [0.29, 0.717) is 18.0 Å². The van der Waals surface area contributed by atoms with Crippen LogP contribution in [0.1, 0.15) is 24.5 Å². The molecule has 10 heteroatoms. The van der Waals surface area contributed by atoms with Gasteiger partial charge in [0.2, 0.25) is 28.6 Å². The van der Waals surface area contributed by atoms with Crippen molar-refractivity contribution in [1.29, 1.82) is 0 Å². The summed E-state index contributed by atoms with van der Waals surface area (Å²) in [5, 5.41) is 2.92. The van der Waals surface area contributed by atoms with E-state index in [2.05, 4.69) is 5.32 Å². The molecule has 1 aliphatic heterocycles. The molecule has 206 valence electrons. The van der Waals surface area contributed by atoms with Crippen molar-refractivity contribution in [1.82, 2.24) is 10.2 Å². The largest absolute Gasteiger partial charge is 0.454 e. The number of nitrogens with zero attached hydrogens (tertiary/aromatic N) is 2. The van der Waals surface area contributed by atoms with Crippen molar-refractivity contribution in [2.45, 2.75) is 32.4 Å². The summed E-state index contributed by atoms with van der Waals surface area (Å²) < 4.78 is 37.6. The maximum Gasteiger partial charge on any atom is 0.244 e. The summed E-state index contributed by atoms with van der Waals surface area (Å²) in [4.78, 5) is 28.9. The Morgan fingerprint density at radius 1 is 0.923 bits per heavy atom. The number of ether oxygens (including phenoxy) is 2. The van der Waals surface area contributed by atoms with E-state index < -0.39 is 28.5 Å². The Morgan fingerprint density at radius 3 is 2.21 bits per heavy atom. The molecule has 1 heterocycles. The molecule has 0 saturated heterocycles. The van der Waals surface area contributed by atoms with Crippen LogP contribution in [0.25, 0.3) is 0 Å². The van der Waals surface area contributed by atoms with Crippen LogP contribution < -0.4 is 19.1 Å². The monoisotopic (exact) mass is 551 g/mol. The van der Waals surface area contributed by atoms with E-state index in [-0.39, 0.29) is 31.4 Å². The molecule has 0 radical (unpaired) electrons. The minimum atomic E-state index is -3.87. The van der Waals surface area contributed by atoms with Gasteiger partial charge in [-0.15, -0.1) is 0 Å². The van der Waals surface area contributed by atoms with Gasteiger partial charge in [-0.3, -0.25) is 13.9 Å². The van der Waals surface area contributed by atoms with Crippen LogP contribution in [-0.4, -0.2) is 57.3 Å². The molecule has 3 aromatic rings. The zero-order valence-electron chi connectivity index (χ0n) is 22.1. The smallest absolute Gasteiger partial charge is 0.244 e. The van der Waals surface area contributed by atoms with Crippen molar-refractivity contribution in [3.05, 3.63) is 90.0 Å². The number of fused-ring (bicyclic) bond motifs is 1. The van der Waals surface area contributed by atoms with E-state index >= 15 is 0 Å². The van der Waals surface area contributed by atoms with E-state index in [9.17, 15) is 18.0 Å². The number of benzene rings is 3. The van der Waals surface area contributed by atoms with Gasteiger partial charge >= 0.3 is 0 Å². The van der Waals surface area contributed by atoms with Gasteiger partial charge in [-0.2, -0.15) is 0 Å². The Kier molecular flexibility index (Phi) is 9.08. The fourth-order valence-corrected chi connectivity index (χ4v) is 5.20. The minimum absolute atomic E-state index is 0.0372. The van der Waals surface area contributed by atoms with Crippen molar-refractivity contribution in [3.63, 3.8) is 0 Å². The van der Waals surface area contributed by atoms with Gasteiger partial charge in [0, 0.05) is 25.6 Å². The third-order valence-corrected chi connectivity index (χ3v) is 7.48. The van der Waals surface area contributed by atoms with Crippen LogP contribution >= 0.6 is 0 Å². The van der Waals surface area contributed by atoms with Crippen LogP contribution in [0.4, 0.5) is 5.69 Å². The lowest BCUT2D eigenvalue weighted by atomic mass is 10.0. The molecule has 9 nitrogen and oxygen atoms in total. The predicted molar refractivity (Wildman–Crippen MR) is 149 cm³/mol. The van der Waals surface area contributed by atoms with Crippen molar-refractivity contribution in [3.8, 4) is 11.5 Å². The quantitative estimate of drug-likeness (QED) is 0.370. The third kappa shape index (κ3) is 7.29. The first-order valence-corrected chi connectivity index (χ1v) is 14.6. The minimum Gasteiger partial charge on any atom is -0.454 e. The Bertz CT molecular complexity index is 1380. The zero-order valence-corrected chi connectivity index (χ0v) is 22.9. The van der Waals surface area contributed by atoms with E-state index in [1.165, 1.54) is 11.0 Å². The molecule has 4 rings (SSSR count). The van der Waals surface area contributed by atoms with Gasteiger partial charge in [0.15, 0.2) is 11.5 Å². The highest BCUT2D eigenvalue weighted by Gasteiger charge is 2.33. The second-order valence-corrected chi connectivity index (χ2v) is 11.2. The van der Waals surface area contributed by atoms with Gasteiger partial charge in [-0.1, -0.05) is 67.6 Å². The topological polar surface area (TPSA) is 105 Å². The van der Waals surface area contributed by atoms with E-state index in [1.807, 2.05) is 67.6 Å². The van der Waals surface area contributed by atoms with Crippen LogP contribution in [0, 0.1) is 0 Å². The van der Waals surface area contributed by atoms with Gasteiger partial charge < -0.3 is 19.7 Å². The molecule has 39 heavy (non-hydrogen) atoms. The summed E-state index contributed by atoms with van der Waals surface area (Å²) in [6.07, 6.45) is 2.06. The maximum atomic E-state index is 14.0. The Balaban J connectivity index is 1.70. The second kappa shape index (κ2) is 12.7. The molecule has 0 saturated carbocycles. The lowest BCUT2D eigenvalue weighted by Gasteiger charge is -2.33. The van der Waals surface area contributed by atoms with Crippen molar-refractivity contribution >= 4 is 27.5 Å². The van der Waals surface area contributed by atoms with E-state index in [4.69, 9.17) is 9.47 Å². The molecule has 0 bridgehead atoms. The van der Waals surface area contributed by atoms with Gasteiger partial charge in [-0.25, -0.2) is 8.42 Å². The highest BCUT2D eigenvalue weighted by molar-refractivity contribution is 7.92. The lowest BCUT2D eigenvalue weighted by molar-refractivity contribution is -0.140. The second-order valence-electron chi connectivity index (χ2n) is 9.31. The first-order chi connectivity index (χ1) is 18.8. The summed E-state index contributed by atoms with van der Waals surface area (Å²) in [5.74, 6) is 0.101. The van der Waals surface area contributed by atoms with Crippen LogP contribution in [-0.2, 0) is 32.6 Å². The molecule has 1 N–H and O–H groups in total. The average Bonchev–Trinajstić information content (AvgIpc) is 3.40. The average molecular weight is 552 g/mol. The van der Waals surface area contributed by atoms with Crippen LogP contribution in [0.2, 0.25) is 0 Å². The van der Waals surface area contributed by atoms with Crippen molar-refractivity contribution in [2.24, 2.45) is 0 Å². The summed E-state index contributed by atoms with van der Waals surface area (Å²) in [6, 6.07) is 22.6. The van der Waals surface area contributed by atoms with Gasteiger partial charge in [-0.05, 0) is 29.7 Å². The zero-order chi connectivity index (χ0) is 27.8. The van der Waals surface area contributed by atoms with Crippen molar-refractivity contribution < 1.29 is 27.5 Å². The first kappa shape index (κ1) is 28.0. The number of rotatable bonds is 12. The molecular weight excluding hydrogens is 518 g/mol. The maximum absolute atomic E-state index is 14.0. The van der Waals surface area contributed by atoms with Crippen LogP contribution in [0.15, 0.2) is 78.9 Å². The molecule has 3 aromatic carbocycles. The number of amides is 2. The van der Waals surface area contributed by atoms with Crippen LogP contribution in [0.5, 0.6) is 11.5 Å². The molecule has 0 aromatic heterocycles. The van der Waals surface area contributed by atoms with Gasteiger partial charge in [0.25, 0.3) is 0 Å². The Labute approximate surface area is 229 Å². The third-order valence-electron chi connectivity index (χ3n) is 6.34. The first-order valence-electron chi connectivity index (χ1n) is 12.8. The van der Waals surface area contributed by atoms with E-state index in [1.54, 1.807) is 12.1 Å². The SMILES string of the molecule is CCCNC(=O)C(Cc1ccccc1)N(Cc1ccccc1)C(=O)CN(c1ccc2c(c1)OCO2)S(C)(=O)=O. The highest BCUT2D eigenvalue weighted by atomic mass is 32.2. The predicted octanol–water partition coefficient (Wildman–Crippen LogP) is 3.35. The summed E-state index contributed by atoms with van der Waals surface area (Å²) in [5.41, 5.74) is 1.97. The van der Waals surface area contributed by atoms with Gasteiger partial charge in [0.05, 0.1) is 11.9 Å². The number of hydrogen-bond donors (Lipinski definition) is 1. The fraction of sp³-hybridized carbons (Fsp3) is 0.310. The fourth-order valence-electron chi connectivity index (χ4n) is 4.35. The van der Waals surface area contributed by atoms with Crippen LogP contribution in [0.3, 0.4) is 0 Å². The Hall–Kier alpha value is -4.05.